The van der Waals surface area contributed by atoms with Crippen LogP contribution >= 0.6 is 0 Å². The average Bonchev–Trinajstić information content (AvgIpc) is 3.38. The van der Waals surface area contributed by atoms with E-state index in [1.54, 1.807) is 18.2 Å². The lowest BCUT2D eigenvalue weighted by Gasteiger charge is -2.42. The fraction of sp³-hybridized carbons (Fsp3) is 0.571. The van der Waals surface area contributed by atoms with Crippen LogP contribution in [0.15, 0.2) is 29.8 Å². The Morgan fingerprint density at radius 3 is 2.77 bits per heavy atom. The van der Waals surface area contributed by atoms with E-state index in [0.29, 0.717) is 18.8 Å². The number of carbonyl (C=O) groups is 2. The highest BCUT2D eigenvalue weighted by atomic mass is 16.5. The highest BCUT2D eigenvalue weighted by Crippen LogP contribution is 2.39. The van der Waals surface area contributed by atoms with Gasteiger partial charge >= 0.3 is 0 Å². The Morgan fingerprint density at radius 1 is 1.40 bits per heavy atom. The molecule has 9 nitrogen and oxygen atoms in total. The molecule has 162 valence electrons. The van der Waals surface area contributed by atoms with Crippen LogP contribution in [0.25, 0.3) is 0 Å². The number of aliphatic hydroxyl groups excluding tert-OH is 1. The maximum absolute atomic E-state index is 13.2. The van der Waals surface area contributed by atoms with E-state index in [-0.39, 0.29) is 29.0 Å². The summed E-state index contributed by atoms with van der Waals surface area (Å²) in [5.41, 5.74) is 3.66. The summed E-state index contributed by atoms with van der Waals surface area (Å²) in [5.74, 6) is -0.823. The second-order valence-electron chi connectivity index (χ2n) is 9.31. The number of aliphatic hydroxyl groups is 1. The van der Waals surface area contributed by atoms with E-state index in [9.17, 15) is 14.7 Å². The van der Waals surface area contributed by atoms with Crippen molar-refractivity contribution in [1.82, 2.24) is 25.6 Å². The summed E-state index contributed by atoms with van der Waals surface area (Å²) in [6.07, 6.45) is 3.53. The van der Waals surface area contributed by atoms with Crippen LogP contribution in [0.3, 0.4) is 0 Å². The molecule has 1 saturated heterocycles. The van der Waals surface area contributed by atoms with Gasteiger partial charge in [-0.3, -0.25) is 9.59 Å². The first kappa shape index (κ1) is 20.5. The van der Waals surface area contributed by atoms with Crippen LogP contribution in [-0.4, -0.2) is 57.7 Å². The lowest BCUT2D eigenvalue weighted by Crippen LogP contribution is -2.58. The standard InChI is InChI=1S/C21H29N5O4/c1-21(2,3)11-25-15-10-14(13-6-5-9-22-18(13)30-4)24-26(15)20(29)16(19(25)28)17(27)23-12-7-8-12/h5-6,9,12,14-15,24,28H,7-8,10-11H2,1-4H3,(H,23,27). The van der Waals surface area contributed by atoms with Crippen molar-refractivity contribution in [3.05, 3.63) is 35.3 Å². The number of amides is 2. The van der Waals surface area contributed by atoms with Crippen molar-refractivity contribution >= 4 is 11.8 Å². The number of ether oxygens (including phenoxy) is 1. The normalized spacial score (nSPS) is 24.2. The SMILES string of the molecule is COc1ncccc1C1CC2N(CC(C)(C)C)C(O)=C(C(=O)NC3CC3)C(=O)N2N1. The van der Waals surface area contributed by atoms with Gasteiger partial charge in [0, 0.05) is 30.8 Å². The number of nitrogens with one attached hydrogen (secondary N) is 2. The van der Waals surface area contributed by atoms with Crippen molar-refractivity contribution in [2.24, 2.45) is 5.41 Å². The Bertz CT molecular complexity index is 890. The highest BCUT2D eigenvalue weighted by molar-refractivity contribution is 6.19. The van der Waals surface area contributed by atoms with E-state index in [1.807, 2.05) is 12.1 Å². The van der Waals surface area contributed by atoms with Gasteiger partial charge in [-0.2, -0.15) is 0 Å². The second kappa shape index (κ2) is 7.46. The van der Waals surface area contributed by atoms with Crippen molar-refractivity contribution in [2.45, 2.75) is 58.3 Å². The first-order valence-electron chi connectivity index (χ1n) is 10.3. The smallest absolute Gasteiger partial charge is 0.280 e. The van der Waals surface area contributed by atoms with Gasteiger partial charge in [-0.05, 0) is 24.3 Å². The number of rotatable bonds is 5. The maximum Gasteiger partial charge on any atom is 0.280 e. The van der Waals surface area contributed by atoms with Crippen LogP contribution in [0, 0.1) is 5.41 Å². The summed E-state index contributed by atoms with van der Waals surface area (Å²) in [5, 5.41) is 15.3. The van der Waals surface area contributed by atoms with Gasteiger partial charge in [0.1, 0.15) is 6.17 Å². The fourth-order valence-electron chi connectivity index (χ4n) is 4.00. The Hall–Kier alpha value is -2.81. The Labute approximate surface area is 176 Å². The number of carbonyl (C=O) groups excluding carboxylic acids is 2. The van der Waals surface area contributed by atoms with Crippen LogP contribution in [0.4, 0.5) is 0 Å². The predicted molar refractivity (Wildman–Crippen MR) is 109 cm³/mol. The minimum absolute atomic E-state index is 0.0818. The summed E-state index contributed by atoms with van der Waals surface area (Å²) < 4.78 is 5.38. The molecule has 0 radical (unpaired) electrons. The zero-order valence-electron chi connectivity index (χ0n) is 17.8. The molecule has 2 amide bonds. The number of nitrogens with zero attached hydrogens (tertiary/aromatic N) is 3. The molecule has 2 unspecified atom stereocenters. The first-order chi connectivity index (χ1) is 14.2. The molecule has 2 aliphatic heterocycles. The molecule has 1 aliphatic carbocycles. The monoisotopic (exact) mass is 415 g/mol. The summed E-state index contributed by atoms with van der Waals surface area (Å²) in [6, 6.07) is 3.55. The number of pyridine rings is 1. The lowest BCUT2D eigenvalue weighted by molar-refractivity contribution is -0.142. The topological polar surface area (TPSA) is 107 Å². The van der Waals surface area contributed by atoms with E-state index < -0.39 is 18.0 Å². The molecule has 1 aromatic heterocycles. The molecular formula is C21H29N5O4. The Morgan fingerprint density at radius 2 is 2.13 bits per heavy atom. The second-order valence-corrected chi connectivity index (χ2v) is 9.31. The fourth-order valence-corrected chi connectivity index (χ4v) is 4.00. The minimum Gasteiger partial charge on any atom is -0.494 e. The van der Waals surface area contributed by atoms with Gasteiger partial charge in [-0.25, -0.2) is 15.4 Å². The van der Waals surface area contributed by atoms with E-state index in [1.165, 1.54) is 5.01 Å². The molecule has 1 saturated carbocycles. The maximum atomic E-state index is 13.2. The van der Waals surface area contributed by atoms with Crippen LogP contribution in [0.2, 0.25) is 0 Å². The molecule has 0 bridgehead atoms. The zero-order chi connectivity index (χ0) is 21.6. The third kappa shape index (κ3) is 3.81. The first-order valence-corrected chi connectivity index (χ1v) is 10.3. The molecule has 9 heteroatoms. The van der Waals surface area contributed by atoms with Crippen molar-refractivity contribution in [1.29, 1.82) is 0 Å². The highest BCUT2D eigenvalue weighted by Gasteiger charge is 2.49. The molecule has 1 aromatic rings. The van der Waals surface area contributed by atoms with Crippen LogP contribution in [0.1, 0.15) is 51.6 Å². The lowest BCUT2D eigenvalue weighted by atomic mass is 9.94. The minimum atomic E-state index is -0.526. The summed E-state index contributed by atoms with van der Waals surface area (Å²) in [7, 11) is 1.55. The molecule has 4 rings (SSSR count). The van der Waals surface area contributed by atoms with E-state index in [2.05, 4.69) is 36.5 Å². The quantitative estimate of drug-likeness (QED) is 0.627. The molecule has 3 heterocycles. The van der Waals surface area contributed by atoms with Gasteiger partial charge in [0.05, 0.1) is 13.2 Å². The number of hydrazine groups is 1. The third-order valence-electron chi connectivity index (χ3n) is 5.48. The van der Waals surface area contributed by atoms with Gasteiger partial charge < -0.3 is 20.1 Å². The summed E-state index contributed by atoms with van der Waals surface area (Å²) >= 11 is 0. The van der Waals surface area contributed by atoms with Gasteiger partial charge in [0.2, 0.25) is 11.8 Å². The number of methoxy groups -OCH3 is 1. The number of fused-ring (bicyclic) bond motifs is 1. The van der Waals surface area contributed by atoms with Gasteiger partial charge in [0.15, 0.2) is 5.57 Å². The Balaban J connectivity index is 1.68. The van der Waals surface area contributed by atoms with Gasteiger partial charge in [-0.1, -0.05) is 26.8 Å². The van der Waals surface area contributed by atoms with E-state index in [4.69, 9.17) is 4.74 Å². The predicted octanol–water partition coefficient (Wildman–Crippen LogP) is 1.60. The zero-order valence-corrected chi connectivity index (χ0v) is 17.8. The molecular weight excluding hydrogens is 386 g/mol. The molecule has 0 spiro atoms. The van der Waals surface area contributed by atoms with Crippen molar-refractivity contribution in [3.63, 3.8) is 0 Å². The van der Waals surface area contributed by atoms with Crippen LogP contribution in [0.5, 0.6) is 5.88 Å². The average molecular weight is 415 g/mol. The molecule has 0 aromatic carbocycles. The molecule has 2 atom stereocenters. The van der Waals surface area contributed by atoms with Crippen molar-refractivity contribution in [3.8, 4) is 5.88 Å². The van der Waals surface area contributed by atoms with Crippen molar-refractivity contribution in [2.75, 3.05) is 13.7 Å². The number of aromatic nitrogens is 1. The van der Waals surface area contributed by atoms with E-state index >= 15 is 0 Å². The number of hydrogen-bond acceptors (Lipinski definition) is 7. The van der Waals surface area contributed by atoms with Crippen molar-refractivity contribution < 1.29 is 19.4 Å². The third-order valence-corrected chi connectivity index (χ3v) is 5.48. The molecule has 3 aliphatic rings. The van der Waals surface area contributed by atoms with Crippen LogP contribution in [-0.2, 0) is 9.59 Å². The van der Waals surface area contributed by atoms with Gasteiger partial charge in [-0.15, -0.1) is 0 Å². The molecule has 3 N–H and O–H groups in total. The van der Waals surface area contributed by atoms with Gasteiger partial charge in [0.25, 0.3) is 11.8 Å². The van der Waals surface area contributed by atoms with Crippen LogP contribution < -0.4 is 15.5 Å². The summed E-state index contributed by atoms with van der Waals surface area (Å²) in [6.45, 7) is 6.63. The largest absolute Gasteiger partial charge is 0.494 e. The number of hydrogen-bond donors (Lipinski definition) is 3. The summed E-state index contributed by atoms with van der Waals surface area (Å²) in [4.78, 5) is 32.0. The molecule has 2 fully saturated rings. The molecule has 30 heavy (non-hydrogen) atoms. The van der Waals surface area contributed by atoms with E-state index in [0.717, 1.165) is 18.4 Å². The Kier molecular flexibility index (Phi) is 5.09.